The number of carbonyl (C=O) groups is 1. The molecule has 1 fully saturated rings. The van der Waals surface area contributed by atoms with E-state index in [-0.39, 0.29) is 24.2 Å². The summed E-state index contributed by atoms with van der Waals surface area (Å²) < 4.78 is 7.26. The number of azide groups is 2. The molecule has 2 heterocycles. The predicted octanol–water partition coefficient (Wildman–Crippen LogP) is 2.78. The highest BCUT2D eigenvalue weighted by Crippen LogP contribution is 2.26. The molecular formula is C15H16N10O2. The van der Waals surface area contributed by atoms with Crippen LogP contribution in [-0.4, -0.2) is 45.3 Å². The number of nitrogens with zero attached hydrogens (tertiary/aromatic N) is 10. The van der Waals surface area contributed by atoms with Crippen LogP contribution >= 0.6 is 0 Å². The molecule has 1 atom stereocenters. The van der Waals surface area contributed by atoms with Gasteiger partial charge in [-0.3, -0.25) is 4.79 Å². The lowest BCUT2D eigenvalue weighted by Gasteiger charge is -2.35. The Kier molecular flexibility index (Phi) is 5.53. The molecule has 0 saturated carbocycles. The van der Waals surface area contributed by atoms with Crippen molar-refractivity contribution in [1.29, 1.82) is 0 Å². The van der Waals surface area contributed by atoms with Gasteiger partial charge in [-0.1, -0.05) is 10.2 Å². The molecule has 1 unspecified atom stereocenters. The zero-order valence-electron chi connectivity index (χ0n) is 14.5. The second kappa shape index (κ2) is 8.19. The van der Waals surface area contributed by atoms with Crippen molar-refractivity contribution in [3.63, 3.8) is 0 Å². The average molecular weight is 368 g/mol. The van der Waals surface area contributed by atoms with Crippen LogP contribution in [0.15, 0.2) is 34.8 Å². The van der Waals surface area contributed by atoms with E-state index in [9.17, 15) is 4.79 Å². The number of hydrogen-bond donors (Lipinski definition) is 0. The topological polar surface area (TPSA) is 158 Å². The summed E-state index contributed by atoms with van der Waals surface area (Å²) >= 11 is 0. The van der Waals surface area contributed by atoms with Crippen LogP contribution in [0, 0.1) is 0 Å². The Labute approximate surface area is 153 Å². The molecule has 0 spiro atoms. The van der Waals surface area contributed by atoms with Crippen LogP contribution in [0.2, 0.25) is 0 Å². The number of carbonyl (C=O) groups excluding carboxylic acids is 1. The number of hydrogen-bond acceptors (Lipinski definition) is 6. The second-order valence-electron chi connectivity index (χ2n) is 5.86. The molecule has 12 heteroatoms. The van der Waals surface area contributed by atoms with Crippen molar-refractivity contribution in [2.45, 2.75) is 12.6 Å². The fraction of sp³-hybridized carbons (Fsp3) is 0.400. The third-order valence-corrected chi connectivity index (χ3v) is 4.14. The molecule has 12 nitrogen and oxygen atoms in total. The first-order valence-electron chi connectivity index (χ1n) is 8.06. The van der Waals surface area contributed by atoms with Gasteiger partial charge < -0.3 is 14.2 Å². The number of amides is 1. The van der Waals surface area contributed by atoms with E-state index >= 15 is 0 Å². The third-order valence-electron chi connectivity index (χ3n) is 4.14. The van der Waals surface area contributed by atoms with Crippen molar-refractivity contribution in [3.05, 3.63) is 62.4 Å². The van der Waals surface area contributed by atoms with Gasteiger partial charge in [0.05, 0.1) is 19.8 Å². The van der Waals surface area contributed by atoms with Gasteiger partial charge in [0.2, 0.25) is 0 Å². The van der Waals surface area contributed by atoms with E-state index in [2.05, 4.69) is 30.2 Å². The predicted molar refractivity (Wildman–Crippen MR) is 93.7 cm³/mol. The summed E-state index contributed by atoms with van der Waals surface area (Å²) in [6.07, 6.45) is 1.56. The van der Waals surface area contributed by atoms with Crippen molar-refractivity contribution in [3.8, 4) is 0 Å². The molecule has 0 bridgehead atoms. The smallest absolute Gasteiger partial charge is 0.254 e. The summed E-state index contributed by atoms with van der Waals surface area (Å²) in [6, 6.07) is 4.31. The van der Waals surface area contributed by atoms with Crippen molar-refractivity contribution in [1.82, 2.24) is 19.7 Å². The Morgan fingerprint density at radius 1 is 1.37 bits per heavy atom. The fourth-order valence-corrected chi connectivity index (χ4v) is 2.93. The van der Waals surface area contributed by atoms with Gasteiger partial charge in [-0.05, 0) is 34.8 Å². The van der Waals surface area contributed by atoms with Gasteiger partial charge in [0.1, 0.15) is 12.4 Å². The third kappa shape index (κ3) is 3.98. The monoisotopic (exact) mass is 368 g/mol. The largest absolute Gasteiger partial charge is 0.377 e. The lowest BCUT2D eigenvalue weighted by atomic mass is 10.1. The fourth-order valence-electron chi connectivity index (χ4n) is 2.93. The Morgan fingerprint density at radius 3 is 2.93 bits per heavy atom. The minimum atomic E-state index is -0.387. The first-order valence-corrected chi connectivity index (χ1v) is 8.06. The van der Waals surface area contributed by atoms with E-state index in [1.165, 1.54) is 6.07 Å². The van der Waals surface area contributed by atoms with Crippen LogP contribution in [-0.2, 0) is 18.3 Å². The molecular weight excluding hydrogens is 352 g/mol. The maximum Gasteiger partial charge on any atom is 0.254 e. The summed E-state index contributed by atoms with van der Waals surface area (Å²) in [7, 11) is 1.80. The molecule has 1 aromatic heterocycles. The number of aromatic nitrogens is 3. The van der Waals surface area contributed by atoms with Crippen molar-refractivity contribution in [2.24, 2.45) is 17.3 Å². The Hall–Kier alpha value is -3.59. The normalized spacial score (nSPS) is 16.3. The van der Waals surface area contributed by atoms with Gasteiger partial charge in [0, 0.05) is 34.7 Å². The van der Waals surface area contributed by atoms with Crippen LogP contribution in [0.5, 0.6) is 0 Å². The lowest BCUT2D eigenvalue weighted by Crippen LogP contribution is -2.44. The average Bonchev–Trinajstić information content (AvgIpc) is 3.11. The van der Waals surface area contributed by atoms with Crippen molar-refractivity contribution < 1.29 is 9.53 Å². The molecule has 3 rings (SSSR count). The maximum atomic E-state index is 13.2. The zero-order chi connectivity index (χ0) is 19.2. The number of aryl methyl sites for hydroxylation is 1. The number of ether oxygens (including phenoxy) is 1. The first kappa shape index (κ1) is 18.2. The van der Waals surface area contributed by atoms with Crippen molar-refractivity contribution >= 4 is 11.6 Å². The van der Waals surface area contributed by atoms with E-state index in [1.54, 1.807) is 35.0 Å². The van der Waals surface area contributed by atoms with Crippen molar-refractivity contribution in [2.75, 3.05) is 19.8 Å². The first-order chi connectivity index (χ1) is 13.1. The number of rotatable bonds is 5. The molecule has 1 saturated heterocycles. The molecule has 1 aliphatic heterocycles. The van der Waals surface area contributed by atoms with Gasteiger partial charge in [-0.25, -0.2) is 0 Å². The Balaban J connectivity index is 1.97. The number of benzene rings is 1. The van der Waals surface area contributed by atoms with Gasteiger partial charge >= 0.3 is 0 Å². The van der Waals surface area contributed by atoms with Crippen LogP contribution in [0.1, 0.15) is 27.8 Å². The molecule has 1 aromatic carbocycles. The lowest BCUT2D eigenvalue weighted by molar-refractivity contribution is -0.00604. The summed E-state index contributed by atoms with van der Waals surface area (Å²) in [5, 5.41) is 15.0. The molecule has 0 N–H and O–H groups in total. The maximum absolute atomic E-state index is 13.2. The summed E-state index contributed by atoms with van der Waals surface area (Å²) in [4.78, 5) is 20.3. The van der Waals surface area contributed by atoms with Crippen LogP contribution in [0.25, 0.3) is 20.9 Å². The van der Waals surface area contributed by atoms with Gasteiger partial charge in [0.25, 0.3) is 5.91 Å². The summed E-state index contributed by atoms with van der Waals surface area (Å²) in [5.74, 6) is 0.354. The van der Waals surface area contributed by atoms with E-state index < -0.39 is 0 Å². The molecule has 0 radical (unpaired) electrons. The Bertz CT molecular complexity index is 942. The van der Waals surface area contributed by atoms with E-state index in [0.29, 0.717) is 36.7 Å². The minimum Gasteiger partial charge on any atom is -0.377 e. The molecule has 2 aromatic rings. The molecule has 1 aliphatic rings. The van der Waals surface area contributed by atoms with Crippen LogP contribution in [0.3, 0.4) is 0 Å². The van der Waals surface area contributed by atoms with Crippen LogP contribution < -0.4 is 0 Å². The zero-order valence-corrected chi connectivity index (χ0v) is 14.5. The Morgan fingerprint density at radius 2 is 2.22 bits per heavy atom. The van der Waals surface area contributed by atoms with Gasteiger partial charge in [0.15, 0.2) is 5.82 Å². The molecule has 27 heavy (non-hydrogen) atoms. The summed E-state index contributed by atoms with van der Waals surface area (Å²) in [5.41, 5.74) is 18.4. The highest BCUT2D eigenvalue weighted by atomic mass is 16.5. The summed E-state index contributed by atoms with van der Waals surface area (Å²) in [6.45, 7) is 1.14. The SMILES string of the molecule is Cn1cnnc1C1COCCN1C(=O)c1cc(CN=[N+]=[N-])cc(N=[N+]=[N-])c1. The van der Waals surface area contributed by atoms with E-state index in [0.717, 1.165) is 0 Å². The van der Waals surface area contributed by atoms with E-state index in [4.69, 9.17) is 15.8 Å². The van der Waals surface area contributed by atoms with Gasteiger partial charge in [-0.2, -0.15) is 0 Å². The highest BCUT2D eigenvalue weighted by Gasteiger charge is 2.32. The standard InChI is InChI=1S/C15H16N10O2/c1-24-9-19-21-14(24)13-8-27-3-2-25(13)15(26)11-4-10(7-18-22-16)5-12(6-11)20-23-17/h4-6,9,13H,2-3,7-8H2,1H3. The van der Waals surface area contributed by atoms with Crippen LogP contribution in [0.4, 0.5) is 5.69 Å². The van der Waals surface area contributed by atoms with E-state index in [1.807, 2.05) is 0 Å². The molecule has 138 valence electrons. The molecule has 0 aliphatic carbocycles. The quantitative estimate of drug-likeness (QED) is 0.451. The number of morpholine rings is 1. The highest BCUT2D eigenvalue weighted by molar-refractivity contribution is 5.95. The minimum absolute atomic E-state index is 0.0430. The second-order valence-corrected chi connectivity index (χ2v) is 5.86. The van der Waals surface area contributed by atoms with Gasteiger partial charge in [-0.15, -0.1) is 10.2 Å². The molecule has 1 amide bonds.